The van der Waals surface area contributed by atoms with E-state index in [1.807, 2.05) is 4.90 Å². The lowest BCUT2D eigenvalue weighted by Gasteiger charge is -2.39. The molecule has 1 saturated heterocycles. The summed E-state index contributed by atoms with van der Waals surface area (Å²) < 4.78 is 0. The molecule has 2 N–H and O–H groups in total. The summed E-state index contributed by atoms with van der Waals surface area (Å²) in [7, 11) is 0. The summed E-state index contributed by atoms with van der Waals surface area (Å²) in [4.78, 5) is 24.7. The first-order valence-corrected chi connectivity index (χ1v) is 14.9. The molecule has 1 unspecified atom stereocenters. The van der Waals surface area contributed by atoms with Crippen molar-refractivity contribution in [1.82, 2.24) is 14.8 Å². The third kappa shape index (κ3) is 5.08. The molecule has 0 saturated carbocycles. The second-order valence-corrected chi connectivity index (χ2v) is 13.1. The molecule has 2 aromatic carbocycles. The minimum atomic E-state index is 0.0386. The third-order valence-electron chi connectivity index (χ3n) is 8.70. The molecular formula is C33H38N4OS. The van der Waals surface area contributed by atoms with E-state index in [4.69, 9.17) is 10.7 Å². The van der Waals surface area contributed by atoms with Gasteiger partial charge in [-0.25, -0.2) is 4.98 Å². The Bertz CT molecular complexity index is 1430. The SMILES string of the molecule is CC(C)(C)C1CCc2nc3sc(C(=O)N4CCN(C(c5ccccc5)c5ccccc5)CC4)c(N)c3cc2C1. The third-order valence-corrected chi connectivity index (χ3v) is 9.81. The van der Waals surface area contributed by atoms with Crippen molar-refractivity contribution in [3.05, 3.63) is 94.0 Å². The van der Waals surface area contributed by atoms with Crippen molar-refractivity contribution in [3.63, 3.8) is 0 Å². The number of thiophene rings is 1. The average Bonchev–Trinajstić information content (AvgIpc) is 3.27. The van der Waals surface area contributed by atoms with Crippen molar-refractivity contribution in [3.8, 4) is 0 Å². The molecule has 2 aromatic heterocycles. The molecule has 0 spiro atoms. The summed E-state index contributed by atoms with van der Waals surface area (Å²) in [5.74, 6) is 0.675. The highest BCUT2D eigenvalue weighted by atomic mass is 32.1. The van der Waals surface area contributed by atoms with Gasteiger partial charge >= 0.3 is 0 Å². The zero-order valence-corrected chi connectivity index (χ0v) is 24.0. The van der Waals surface area contributed by atoms with Crippen LogP contribution in [0.1, 0.15) is 65.3 Å². The fourth-order valence-corrected chi connectivity index (χ4v) is 7.36. The molecule has 202 valence electrons. The van der Waals surface area contributed by atoms with Gasteiger partial charge < -0.3 is 10.6 Å². The largest absolute Gasteiger partial charge is 0.397 e. The van der Waals surface area contributed by atoms with Crippen LogP contribution in [0.5, 0.6) is 0 Å². The van der Waals surface area contributed by atoms with E-state index in [9.17, 15) is 4.79 Å². The quantitative estimate of drug-likeness (QED) is 0.319. The fourth-order valence-electron chi connectivity index (χ4n) is 6.30. The number of nitrogens with two attached hydrogens (primary N) is 1. The molecule has 2 aliphatic rings. The summed E-state index contributed by atoms with van der Waals surface area (Å²) in [6.45, 7) is 9.96. The van der Waals surface area contributed by atoms with Crippen molar-refractivity contribution in [2.24, 2.45) is 11.3 Å². The van der Waals surface area contributed by atoms with Gasteiger partial charge in [-0.05, 0) is 53.4 Å². The first-order chi connectivity index (χ1) is 18.8. The van der Waals surface area contributed by atoms with Crippen LogP contribution in [0.15, 0.2) is 66.7 Å². The highest BCUT2D eigenvalue weighted by Gasteiger charge is 2.32. The van der Waals surface area contributed by atoms with Crippen LogP contribution >= 0.6 is 11.3 Å². The maximum absolute atomic E-state index is 13.7. The smallest absolute Gasteiger partial charge is 0.266 e. The van der Waals surface area contributed by atoms with Crippen LogP contribution in [0.2, 0.25) is 0 Å². The highest BCUT2D eigenvalue weighted by molar-refractivity contribution is 7.21. The Hall–Kier alpha value is -3.22. The topological polar surface area (TPSA) is 62.5 Å². The van der Waals surface area contributed by atoms with E-state index in [1.54, 1.807) is 0 Å². The number of hydrogen-bond donors (Lipinski definition) is 1. The van der Waals surface area contributed by atoms with E-state index in [2.05, 4.69) is 92.4 Å². The maximum atomic E-state index is 13.7. The van der Waals surface area contributed by atoms with Gasteiger partial charge in [-0.2, -0.15) is 0 Å². The minimum Gasteiger partial charge on any atom is -0.397 e. The Labute approximate surface area is 235 Å². The molecule has 1 fully saturated rings. The van der Waals surface area contributed by atoms with Gasteiger partial charge in [0.2, 0.25) is 0 Å². The van der Waals surface area contributed by atoms with E-state index in [1.165, 1.54) is 40.1 Å². The van der Waals surface area contributed by atoms with Crippen molar-refractivity contribution < 1.29 is 4.79 Å². The number of pyridine rings is 1. The number of anilines is 1. The Morgan fingerprint density at radius 2 is 1.59 bits per heavy atom. The molecular weight excluding hydrogens is 500 g/mol. The lowest BCUT2D eigenvalue weighted by Crippen LogP contribution is -2.49. The number of rotatable bonds is 4. The molecule has 6 rings (SSSR count). The molecule has 6 heteroatoms. The molecule has 1 atom stereocenters. The van der Waals surface area contributed by atoms with E-state index in [0.717, 1.165) is 36.1 Å². The summed E-state index contributed by atoms with van der Waals surface area (Å²) in [6.07, 6.45) is 3.20. The standard InChI is InChI=1S/C33H38N4OS/c1-33(2,3)25-14-15-27-24(20-25)21-26-28(34)30(39-31(26)35-27)32(38)37-18-16-36(17-19-37)29(22-10-6-4-7-11-22)23-12-8-5-9-13-23/h4-13,21,25,29H,14-20,34H2,1-3H3. The number of aromatic nitrogens is 1. The number of piperazine rings is 1. The molecule has 3 heterocycles. The summed E-state index contributed by atoms with van der Waals surface area (Å²) >= 11 is 1.46. The van der Waals surface area contributed by atoms with Crippen LogP contribution in [-0.2, 0) is 12.8 Å². The van der Waals surface area contributed by atoms with Crippen molar-refractivity contribution in [1.29, 1.82) is 0 Å². The average molecular weight is 539 g/mol. The zero-order chi connectivity index (χ0) is 27.1. The zero-order valence-electron chi connectivity index (χ0n) is 23.2. The number of benzene rings is 2. The Balaban J connectivity index is 1.21. The second kappa shape index (κ2) is 10.4. The van der Waals surface area contributed by atoms with E-state index in [0.29, 0.717) is 29.6 Å². The summed E-state index contributed by atoms with van der Waals surface area (Å²) in [5, 5.41) is 0.948. The summed E-state index contributed by atoms with van der Waals surface area (Å²) in [5.41, 5.74) is 12.6. The number of nitrogen functional groups attached to an aromatic ring is 1. The van der Waals surface area contributed by atoms with Gasteiger partial charge in [-0.3, -0.25) is 9.69 Å². The van der Waals surface area contributed by atoms with Gasteiger partial charge in [-0.15, -0.1) is 11.3 Å². The van der Waals surface area contributed by atoms with Crippen molar-refractivity contribution in [2.75, 3.05) is 31.9 Å². The predicted octanol–water partition coefficient (Wildman–Crippen LogP) is 6.58. The number of carbonyl (C=O) groups is 1. The van der Waals surface area contributed by atoms with Crippen LogP contribution < -0.4 is 5.73 Å². The number of aryl methyl sites for hydroxylation is 1. The van der Waals surface area contributed by atoms with Crippen LogP contribution in [-0.4, -0.2) is 46.9 Å². The molecule has 0 bridgehead atoms. The lowest BCUT2D eigenvalue weighted by molar-refractivity contribution is 0.0603. The van der Waals surface area contributed by atoms with Gasteiger partial charge in [0.15, 0.2) is 0 Å². The molecule has 1 aliphatic carbocycles. The van der Waals surface area contributed by atoms with Crippen molar-refractivity contribution in [2.45, 2.75) is 46.1 Å². The van der Waals surface area contributed by atoms with Crippen LogP contribution in [0.3, 0.4) is 0 Å². The Kier molecular flexibility index (Phi) is 6.94. The Morgan fingerprint density at radius 3 is 2.18 bits per heavy atom. The first-order valence-electron chi connectivity index (χ1n) is 14.1. The maximum Gasteiger partial charge on any atom is 0.266 e. The predicted molar refractivity (Wildman–Crippen MR) is 161 cm³/mol. The number of carbonyl (C=O) groups excluding carboxylic acids is 1. The van der Waals surface area contributed by atoms with E-state index < -0.39 is 0 Å². The monoisotopic (exact) mass is 538 g/mol. The summed E-state index contributed by atoms with van der Waals surface area (Å²) in [6, 6.07) is 23.7. The van der Waals surface area contributed by atoms with Gasteiger partial charge in [0.05, 0.1) is 11.7 Å². The van der Waals surface area contributed by atoms with Crippen molar-refractivity contribution >= 4 is 33.1 Å². The fraction of sp³-hybridized carbons (Fsp3) is 0.394. The van der Waals surface area contributed by atoms with E-state index >= 15 is 0 Å². The number of fused-ring (bicyclic) bond motifs is 2. The van der Waals surface area contributed by atoms with Gasteiger partial charge in [0, 0.05) is 37.3 Å². The van der Waals surface area contributed by atoms with E-state index in [-0.39, 0.29) is 17.4 Å². The number of amides is 1. The molecule has 1 aliphatic heterocycles. The first kappa shape index (κ1) is 26.0. The van der Waals surface area contributed by atoms with Gasteiger partial charge in [0.1, 0.15) is 9.71 Å². The van der Waals surface area contributed by atoms with Crippen LogP contribution in [0, 0.1) is 11.3 Å². The minimum absolute atomic E-state index is 0.0386. The molecule has 5 nitrogen and oxygen atoms in total. The number of hydrogen-bond acceptors (Lipinski definition) is 5. The molecule has 0 radical (unpaired) electrons. The molecule has 1 amide bonds. The van der Waals surface area contributed by atoms with Crippen LogP contribution in [0.25, 0.3) is 10.2 Å². The molecule has 4 aromatic rings. The lowest BCUT2D eigenvalue weighted by atomic mass is 9.71. The Morgan fingerprint density at radius 1 is 0.974 bits per heavy atom. The normalized spacial score (nSPS) is 18.5. The second-order valence-electron chi connectivity index (χ2n) is 12.1. The van der Waals surface area contributed by atoms with Crippen LogP contribution in [0.4, 0.5) is 5.69 Å². The molecule has 39 heavy (non-hydrogen) atoms. The van der Waals surface area contributed by atoms with Gasteiger partial charge in [-0.1, -0.05) is 81.4 Å². The highest BCUT2D eigenvalue weighted by Crippen LogP contribution is 2.41. The number of nitrogens with zero attached hydrogens (tertiary/aromatic N) is 3. The van der Waals surface area contributed by atoms with Gasteiger partial charge in [0.25, 0.3) is 5.91 Å².